The number of methoxy groups -OCH3 is 1. The lowest BCUT2D eigenvalue weighted by atomic mass is 10.1. The van der Waals surface area contributed by atoms with E-state index in [9.17, 15) is 9.59 Å². The minimum Gasteiger partial charge on any atom is -0.496 e. The van der Waals surface area contributed by atoms with Crippen LogP contribution in [0.5, 0.6) is 5.75 Å². The third-order valence-electron chi connectivity index (χ3n) is 3.27. The molecule has 0 radical (unpaired) electrons. The highest BCUT2D eigenvalue weighted by Crippen LogP contribution is 2.17. The lowest BCUT2D eigenvalue weighted by Crippen LogP contribution is -2.20. The lowest BCUT2D eigenvalue weighted by Gasteiger charge is -2.05. The second kappa shape index (κ2) is 7.89. The Morgan fingerprint density at radius 3 is 2.29 bits per heavy atom. The molecule has 0 unspecified atom stereocenters. The van der Waals surface area contributed by atoms with Gasteiger partial charge in [0.15, 0.2) is 0 Å². The first kappa shape index (κ1) is 17.2. The molecule has 0 aromatic heterocycles. The first-order valence-corrected chi connectivity index (χ1v) is 7.07. The van der Waals surface area contributed by atoms with Crippen LogP contribution in [-0.4, -0.2) is 30.3 Å². The Hall–Kier alpha value is -3.19. The van der Waals surface area contributed by atoms with Crippen molar-refractivity contribution in [1.82, 2.24) is 10.9 Å². The van der Waals surface area contributed by atoms with Gasteiger partial charge in [0.25, 0.3) is 11.8 Å². The van der Waals surface area contributed by atoms with Gasteiger partial charge in [-0.1, -0.05) is 11.6 Å². The third kappa shape index (κ3) is 4.17. The van der Waals surface area contributed by atoms with E-state index in [4.69, 9.17) is 9.94 Å². The lowest BCUT2D eigenvalue weighted by molar-refractivity contribution is 0.0706. The van der Waals surface area contributed by atoms with Crippen LogP contribution in [0, 0.1) is 6.92 Å². The van der Waals surface area contributed by atoms with Gasteiger partial charge in [0.1, 0.15) is 5.75 Å². The van der Waals surface area contributed by atoms with Gasteiger partial charge in [-0.25, -0.2) is 10.9 Å². The van der Waals surface area contributed by atoms with Crippen molar-refractivity contribution in [3.8, 4) is 5.75 Å². The number of nitrogens with one attached hydrogen (secondary N) is 2. The maximum absolute atomic E-state index is 12.0. The summed E-state index contributed by atoms with van der Waals surface area (Å²) >= 11 is 0. The van der Waals surface area contributed by atoms with Gasteiger partial charge in [-0.15, -0.1) is 0 Å². The highest BCUT2D eigenvalue weighted by molar-refractivity contribution is 5.97. The normalized spacial score (nSPS) is 10.5. The van der Waals surface area contributed by atoms with E-state index >= 15 is 0 Å². The molecule has 0 aliphatic heterocycles. The van der Waals surface area contributed by atoms with Crippen molar-refractivity contribution in [2.75, 3.05) is 7.11 Å². The highest BCUT2D eigenvalue weighted by Gasteiger charge is 2.07. The number of aryl methyl sites for hydroxylation is 1. The molecule has 3 N–H and O–H groups in total. The molecular weight excluding hydrogens is 310 g/mol. The number of carbonyl (C=O) groups excluding carboxylic acids is 2. The topological polar surface area (TPSA) is 100 Å². The number of benzene rings is 2. The molecule has 0 aliphatic rings. The zero-order valence-electron chi connectivity index (χ0n) is 13.2. The van der Waals surface area contributed by atoms with Gasteiger partial charge in [-0.05, 0) is 43.3 Å². The van der Waals surface area contributed by atoms with Gasteiger partial charge >= 0.3 is 0 Å². The fourth-order valence-electron chi connectivity index (χ4n) is 2.02. The van der Waals surface area contributed by atoms with E-state index in [1.54, 1.807) is 7.11 Å². The SMILES string of the molecule is COc1ccc(C)cc1/C=N/NC(=O)c1ccc(C(=O)NO)cc1. The quantitative estimate of drug-likeness (QED) is 0.443. The van der Waals surface area contributed by atoms with E-state index in [0.717, 1.165) is 11.1 Å². The number of hydrogen-bond acceptors (Lipinski definition) is 5. The largest absolute Gasteiger partial charge is 0.496 e. The van der Waals surface area contributed by atoms with Gasteiger partial charge in [0.2, 0.25) is 0 Å². The van der Waals surface area contributed by atoms with Crippen molar-refractivity contribution in [3.05, 3.63) is 64.7 Å². The first-order chi connectivity index (χ1) is 11.5. The number of rotatable bonds is 5. The smallest absolute Gasteiger partial charge is 0.274 e. The number of hydroxylamine groups is 1. The number of carbonyl (C=O) groups is 2. The third-order valence-corrected chi connectivity index (χ3v) is 3.27. The fraction of sp³-hybridized carbons (Fsp3) is 0.118. The number of hydrazone groups is 1. The Balaban J connectivity index is 2.05. The summed E-state index contributed by atoms with van der Waals surface area (Å²) in [4.78, 5) is 23.2. The molecule has 0 aliphatic carbocycles. The number of nitrogens with zero attached hydrogens (tertiary/aromatic N) is 1. The number of hydrogen-bond donors (Lipinski definition) is 3. The maximum atomic E-state index is 12.0. The van der Waals surface area contributed by atoms with Gasteiger partial charge in [-0.2, -0.15) is 5.10 Å². The second-order valence-electron chi connectivity index (χ2n) is 4.96. The molecule has 2 rings (SSSR count). The molecule has 7 heteroatoms. The molecule has 0 fully saturated rings. The Labute approximate surface area is 138 Å². The molecule has 2 aromatic rings. The molecule has 0 saturated heterocycles. The van der Waals surface area contributed by atoms with Gasteiger partial charge in [0.05, 0.1) is 13.3 Å². The summed E-state index contributed by atoms with van der Waals surface area (Å²) in [6.45, 7) is 1.94. The Morgan fingerprint density at radius 1 is 1.08 bits per heavy atom. The Bertz CT molecular complexity index is 770. The second-order valence-corrected chi connectivity index (χ2v) is 4.96. The summed E-state index contributed by atoms with van der Waals surface area (Å²) < 4.78 is 5.23. The van der Waals surface area contributed by atoms with Crippen molar-refractivity contribution in [3.63, 3.8) is 0 Å². The van der Waals surface area contributed by atoms with Gasteiger partial charge in [-0.3, -0.25) is 14.8 Å². The van der Waals surface area contributed by atoms with Crippen LogP contribution in [0.2, 0.25) is 0 Å². The monoisotopic (exact) mass is 327 g/mol. The molecule has 124 valence electrons. The molecule has 7 nitrogen and oxygen atoms in total. The minimum absolute atomic E-state index is 0.238. The van der Waals surface area contributed by atoms with E-state index in [1.807, 2.05) is 25.1 Å². The van der Waals surface area contributed by atoms with Crippen LogP contribution in [0.3, 0.4) is 0 Å². The molecule has 0 saturated carbocycles. The van der Waals surface area contributed by atoms with Crippen LogP contribution < -0.4 is 15.6 Å². The van der Waals surface area contributed by atoms with Gasteiger partial charge in [0, 0.05) is 16.7 Å². The predicted octanol–water partition coefficient (Wildman–Crippen LogP) is 1.89. The van der Waals surface area contributed by atoms with Crippen molar-refractivity contribution in [2.24, 2.45) is 5.10 Å². The summed E-state index contributed by atoms with van der Waals surface area (Å²) in [5, 5.41) is 12.5. The summed E-state index contributed by atoms with van der Waals surface area (Å²) in [6, 6.07) is 11.4. The molecule has 2 aromatic carbocycles. The van der Waals surface area contributed by atoms with Crippen LogP contribution in [0.15, 0.2) is 47.6 Å². The fourth-order valence-corrected chi connectivity index (χ4v) is 2.02. The van der Waals surface area contributed by atoms with Crippen LogP contribution in [0.25, 0.3) is 0 Å². The summed E-state index contributed by atoms with van der Waals surface area (Å²) in [5.74, 6) is -0.418. The Morgan fingerprint density at radius 2 is 1.71 bits per heavy atom. The standard InChI is InChI=1S/C17H17N3O4/c1-11-3-8-15(24-2)14(9-11)10-18-19-16(21)12-4-6-13(7-5-12)17(22)20-23/h3-10,23H,1-2H3,(H,19,21)(H,20,22)/b18-10+. The number of ether oxygens (including phenoxy) is 1. The number of amides is 2. The van der Waals surface area contributed by atoms with E-state index in [-0.39, 0.29) is 5.56 Å². The molecule has 0 spiro atoms. The molecule has 2 amide bonds. The van der Waals surface area contributed by atoms with Crippen LogP contribution in [-0.2, 0) is 0 Å². The predicted molar refractivity (Wildman–Crippen MR) is 88.5 cm³/mol. The van der Waals surface area contributed by atoms with E-state index < -0.39 is 11.8 Å². The molecular formula is C17H17N3O4. The van der Waals surface area contributed by atoms with E-state index in [1.165, 1.54) is 36.0 Å². The first-order valence-electron chi connectivity index (χ1n) is 7.07. The minimum atomic E-state index is -0.647. The maximum Gasteiger partial charge on any atom is 0.274 e. The van der Waals surface area contributed by atoms with Crippen LogP contribution in [0.4, 0.5) is 0 Å². The molecule has 0 bridgehead atoms. The summed E-state index contributed by atoms with van der Waals surface area (Å²) in [7, 11) is 1.56. The van der Waals surface area contributed by atoms with Crippen LogP contribution in [0.1, 0.15) is 31.8 Å². The average molecular weight is 327 g/mol. The molecule has 0 heterocycles. The Kier molecular flexibility index (Phi) is 5.64. The van der Waals surface area contributed by atoms with Crippen LogP contribution >= 0.6 is 0 Å². The van der Waals surface area contributed by atoms with Crippen molar-refractivity contribution in [2.45, 2.75) is 6.92 Å². The van der Waals surface area contributed by atoms with Crippen molar-refractivity contribution < 1.29 is 19.5 Å². The summed E-state index contributed by atoms with van der Waals surface area (Å²) in [6.07, 6.45) is 1.50. The van der Waals surface area contributed by atoms with Crippen molar-refractivity contribution >= 4 is 18.0 Å². The zero-order chi connectivity index (χ0) is 17.5. The molecule has 24 heavy (non-hydrogen) atoms. The van der Waals surface area contributed by atoms with E-state index in [2.05, 4.69) is 10.5 Å². The highest BCUT2D eigenvalue weighted by atomic mass is 16.5. The van der Waals surface area contributed by atoms with E-state index in [0.29, 0.717) is 11.3 Å². The van der Waals surface area contributed by atoms with Gasteiger partial charge < -0.3 is 4.74 Å². The molecule has 0 atom stereocenters. The summed E-state index contributed by atoms with van der Waals surface area (Å²) in [5.41, 5.74) is 6.28. The zero-order valence-corrected chi connectivity index (χ0v) is 13.2. The van der Waals surface area contributed by atoms with Crippen molar-refractivity contribution in [1.29, 1.82) is 0 Å². The average Bonchev–Trinajstić information content (AvgIpc) is 2.61.